The summed E-state index contributed by atoms with van der Waals surface area (Å²) in [5.74, 6) is 1.52. The van der Waals surface area contributed by atoms with Gasteiger partial charge in [-0.05, 0) is 12.8 Å². The summed E-state index contributed by atoms with van der Waals surface area (Å²) in [7, 11) is 3.14. The Morgan fingerprint density at radius 3 is 2.52 bits per heavy atom. The number of methoxy groups -OCH3 is 2. The highest BCUT2D eigenvalue weighted by Gasteiger charge is 2.27. The van der Waals surface area contributed by atoms with Gasteiger partial charge in [0.15, 0.2) is 11.5 Å². The number of fused-ring (bicyclic) bond motifs is 1. The molecule has 1 aliphatic carbocycles. The van der Waals surface area contributed by atoms with E-state index in [9.17, 15) is 4.79 Å². The lowest BCUT2D eigenvalue weighted by Gasteiger charge is -2.25. The second kappa shape index (κ2) is 5.27. The highest BCUT2D eigenvalue weighted by Crippen LogP contribution is 2.39. The number of ether oxygens (including phenoxy) is 2. The Hall–Kier alpha value is -2.24. The predicted octanol–water partition coefficient (Wildman–Crippen LogP) is 2.41. The minimum atomic E-state index is -0.871. The van der Waals surface area contributed by atoms with Gasteiger partial charge in [0.05, 0.1) is 25.3 Å². The van der Waals surface area contributed by atoms with Crippen molar-refractivity contribution >= 4 is 17.0 Å². The summed E-state index contributed by atoms with van der Waals surface area (Å²) in [5, 5.41) is 9.16. The molecule has 0 saturated heterocycles. The number of benzene rings is 1. The molecule has 0 bridgehead atoms. The lowest BCUT2D eigenvalue weighted by molar-refractivity contribution is -0.137. The van der Waals surface area contributed by atoms with Crippen LogP contribution in [0.2, 0.25) is 0 Å². The zero-order chi connectivity index (χ0) is 15.0. The molecule has 1 fully saturated rings. The first-order valence-corrected chi connectivity index (χ1v) is 6.98. The van der Waals surface area contributed by atoms with Crippen molar-refractivity contribution in [2.24, 2.45) is 0 Å². The molecule has 6 nitrogen and oxygen atoms in total. The summed E-state index contributed by atoms with van der Waals surface area (Å²) in [6.45, 7) is -0.0855. The molecule has 0 spiro atoms. The van der Waals surface area contributed by atoms with E-state index in [2.05, 4.69) is 4.98 Å². The van der Waals surface area contributed by atoms with Crippen molar-refractivity contribution in [1.82, 2.24) is 9.55 Å². The fourth-order valence-electron chi connectivity index (χ4n) is 2.75. The average molecular weight is 290 g/mol. The van der Waals surface area contributed by atoms with Crippen LogP contribution in [0.25, 0.3) is 11.0 Å². The molecule has 1 heterocycles. The molecule has 112 valence electrons. The van der Waals surface area contributed by atoms with Crippen molar-refractivity contribution in [2.45, 2.75) is 31.7 Å². The van der Waals surface area contributed by atoms with Gasteiger partial charge < -0.3 is 19.1 Å². The number of hydrogen-bond acceptors (Lipinski definition) is 4. The Morgan fingerprint density at radius 2 is 2.00 bits per heavy atom. The summed E-state index contributed by atoms with van der Waals surface area (Å²) >= 11 is 0. The molecule has 1 aliphatic rings. The maximum absolute atomic E-state index is 11.2. The van der Waals surface area contributed by atoms with E-state index in [1.54, 1.807) is 30.9 Å². The summed E-state index contributed by atoms with van der Waals surface area (Å²) in [6.07, 6.45) is 3.31. The van der Waals surface area contributed by atoms with Gasteiger partial charge in [-0.3, -0.25) is 4.79 Å². The van der Waals surface area contributed by atoms with Crippen molar-refractivity contribution < 1.29 is 19.4 Å². The first-order valence-electron chi connectivity index (χ1n) is 6.98. The Bertz CT molecular complexity index is 689. The first kappa shape index (κ1) is 13.7. The van der Waals surface area contributed by atoms with Crippen LogP contribution in [0.4, 0.5) is 0 Å². The van der Waals surface area contributed by atoms with Gasteiger partial charge in [-0.2, -0.15) is 0 Å². The van der Waals surface area contributed by atoms with Gasteiger partial charge in [-0.1, -0.05) is 6.42 Å². The fourth-order valence-corrected chi connectivity index (χ4v) is 2.75. The monoisotopic (exact) mass is 290 g/mol. The molecule has 1 saturated carbocycles. The average Bonchev–Trinajstić information content (AvgIpc) is 2.72. The maximum atomic E-state index is 11.2. The summed E-state index contributed by atoms with van der Waals surface area (Å²) < 4.78 is 12.4. The molecule has 21 heavy (non-hydrogen) atoms. The highest BCUT2D eigenvalue weighted by atomic mass is 16.5. The van der Waals surface area contributed by atoms with Gasteiger partial charge >= 0.3 is 5.97 Å². The molecule has 2 aromatic rings. The number of aliphatic carboxylic acids is 1. The van der Waals surface area contributed by atoms with Crippen LogP contribution >= 0.6 is 0 Å². The van der Waals surface area contributed by atoms with Crippen LogP contribution in [-0.4, -0.2) is 34.8 Å². The molecule has 1 aromatic carbocycles. The van der Waals surface area contributed by atoms with Crippen LogP contribution in [0.15, 0.2) is 12.1 Å². The molecule has 0 radical (unpaired) electrons. The van der Waals surface area contributed by atoms with E-state index in [0.29, 0.717) is 17.4 Å². The molecule has 1 aromatic heterocycles. The summed E-state index contributed by atoms with van der Waals surface area (Å²) in [4.78, 5) is 15.8. The number of aromatic nitrogens is 2. The van der Waals surface area contributed by atoms with Crippen molar-refractivity contribution in [3.8, 4) is 11.5 Å². The molecule has 0 amide bonds. The number of rotatable bonds is 5. The van der Waals surface area contributed by atoms with Gasteiger partial charge in [0.1, 0.15) is 12.4 Å². The number of imidazole rings is 1. The zero-order valence-corrected chi connectivity index (χ0v) is 12.1. The largest absolute Gasteiger partial charge is 0.493 e. The van der Waals surface area contributed by atoms with Gasteiger partial charge in [0, 0.05) is 18.1 Å². The van der Waals surface area contributed by atoms with Crippen molar-refractivity contribution in [3.63, 3.8) is 0 Å². The molecule has 0 aliphatic heterocycles. The zero-order valence-electron chi connectivity index (χ0n) is 12.1. The highest BCUT2D eigenvalue weighted by molar-refractivity contribution is 5.82. The Labute approximate surface area is 122 Å². The first-order chi connectivity index (χ1) is 10.1. The predicted molar refractivity (Wildman–Crippen MR) is 77.1 cm³/mol. The SMILES string of the molecule is COc1cc2nc(C3CCC3)n(CC(=O)O)c2cc1OC. The molecule has 0 atom stereocenters. The maximum Gasteiger partial charge on any atom is 0.323 e. The van der Waals surface area contributed by atoms with E-state index in [-0.39, 0.29) is 6.54 Å². The van der Waals surface area contributed by atoms with E-state index in [1.807, 2.05) is 0 Å². The van der Waals surface area contributed by atoms with Crippen LogP contribution in [0.5, 0.6) is 11.5 Å². The summed E-state index contributed by atoms with van der Waals surface area (Å²) in [6, 6.07) is 3.60. The van der Waals surface area contributed by atoms with Crippen molar-refractivity contribution in [3.05, 3.63) is 18.0 Å². The third-order valence-corrected chi connectivity index (χ3v) is 4.05. The molecule has 0 unspecified atom stereocenters. The third-order valence-electron chi connectivity index (χ3n) is 4.05. The molecule has 1 N–H and O–H groups in total. The topological polar surface area (TPSA) is 73.6 Å². The van der Waals surface area contributed by atoms with Crippen LogP contribution < -0.4 is 9.47 Å². The quantitative estimate of drug-likeness (QED) is 0.915. The fraction of sp³-hybridized carbons (Fsp3) is 0.467. The van der Waals surface area contributed by atoms with Gasteiger partial charge in [-0.15, -0.1) is 0 Å². The van der Waals surface area contributed by atoms with Crippen molar-refractivity contribution in [2.75, 3.05) is 14.2 Å². The number of carboxylic acids is 1. The van der Waals surface area contributed by atoms with E-state index in [0.717, 1.165) is 29.7 Å². The molecular formula is C15H18N2O4. The smallest absolute Gasteiger partial charge is 0.323 e. The normalized spacial score (nSPS) is 15.0. The Kier molecular flexibility index (Phi) is 3.45. The molecule has 6 heteroatoms. The van der Waals surface area contributed by atoms with E-state index in [1.165, 1.54) is 6.42 Å². The number of carboxylic acid groups (broad SMARTS) is 1. The number of carbonyl (C=O) groups is 1. The van der Waals surface area contributed by atoms with Gasteiger partial charge in [0.25, 0.3) is 0 Å². The van der Waals surface area contributed by atoms with Crippen molar-refractivity contribution in [1.29, 1.82) is 0 Å². The van der Waals surface area contributed by atoms with Gasteiger partial charge in [0.2, 0.25) is 0 Å². The van der Waals surface area contributed by atoms with E-state index >= 15 is 0 Å². The van der Waals surface area contributed by atoms with Crippen LogP contribution in [-0.2, 0) is 11.3 Å². The third kappa shape index (κ3) is 2.30. The second-order valence-corrected chi connectivity index (χ2v) is 5.27. The Morgan fingerprint density at radius 1 is 1.33 bits per heavy atom. The molecular weight excluding hydrogens is 272 g/mol. The van der Waals surface area contributed by atoms with Crippen LogP contribution in [0.3, 0.4) is 0 Å². The minimum absolute atomic E-state index is 0.0855. The van der Waals surface area contributed by atoms with E-state index in [4.69, 9.17) is 14.6 Å². The summed E-state index contributed by atoms with van der Waals surface area (Å²) in [5.41, 5.74) is 1.52. The van der Waals surface area contributed by atoms with Crippen LogP contribution in [0, 0.1) is 0 Å². The Balaban J connectivity index is 2.18. The molecule has 3 rings (SSSR count). The minimum Gasteiger partial charge on any atom is -0.493 e. The van der Waals surface area contributed by atoms with Crippen LogP contribution in [0.1, 0.15) is 31.0 Å². The lowest BCUT2D eigenvalue weighted by atomic mass is 9.85. The number of hydrogen-bond donors (Lipinski definition) is 1. The second-order valence-electron chi connectivity index (χ2n) is 5.27. The lowest BCUT2D eigenvalue weighted by Crippen LogP contribution is -2.18. The standard InChI is InChI=1S/C15H18N2O4/c1-20-12-6-10-11(7-13(12)21-2)17(8-14(18)19)15(16-10)9-4-3-5-9/h6-7,9H,3-5,8H2,1-2H3,(H,18,19). The number of nitrogens with zero attached hydrogens (tertiary/aromatic N) is 2. The van der Waals surface area contributed by atoms with Gasteiger partial charge in [-0.25, -0.2) is 4.98 Å². The van der Waals surface area contributed by atoms with E-state index < -0.39 is 5.97 Å².